The van der Waals surface area contributed by atoms with Gasteiger partial charge in [-0.05, 0) is 42.5 Å². The van der Waals surface area contributed by atoms with Gasteiger partial charge in [0.2, 0.25) is 5.95 Å². The number of hydrogen-bond acceptors (Lipinski definition) is 6. The summed E-state index contributed by atoms with van der Waals surface area (Å²) in [5, 5.41) is 2.67. The number of nitrogens with zero attached hydrogens (tertiary/aromatic N) is 5. The maximum absolute atomic E-state index is 14.2. The number of pyridine rings is 2. The fraction of sp³-hybridized carbons (Fsp3) is 0. The van der Waals surface area contributed by atoms with Crippen LogP contribution in [0.3, 0.4) is 0 Å². The number of benzene rings is 1. The molecule has 0 atom stereocenters. The van der Waals surface area contributed by atoms with Crippen LogP contribution < -0.4 is 10.2 Å². The highest BCUT2D eigenvalue weighted by Crippen LogP contribution is 2.31. The van der Waals surface area contributed by atoms with E-state index >= 15 is 0 Å². The fourth-order valence-electron chi connectivity index (χ4n) is 3.08. The van der Waals surface area contributed by atoms with Crippen molar-refractivity contribution in [1.29, 1.82) is 0 Å². The summed E-state index contributed by atoms with van der Waals surface area (Å²) in [5.41, 5.74) is 4.55. The lowest BCUT2D eigenvalue weighted by Crippen LogP contribution is -2.20. The van der Waals surface area contributed by atoms with Crippen molar-refractivity contribution < 1.29 is 4.39 Å². The zero-order valence-electron chi connectivity index (χ0n) is 15.1. The van der Waals surface area contributed by atoms with Gasteiger partial charge in [-0.15, -0.1) is 0 Å². The summed E-state index contributed by atoms with van der Waals surface area (Å²) in [7, 11) is 0. The molecule has 0 bridgehead atoms. The van der Waals surface area contributed by atoms with Crippen molar-refractivity contribution >= 4 is 16.7 Å². The number of hydrogen-bond donors (Lipinski definition) is 1. The Labute approximate surface area is 166 Å². The summed E-state index contributed by atoms with van der Waals surface area (Å²) in [6.45, 7) is 0. The van der Waals surface area contributed by atoms with E-state index in [9.17, 15) is 4.39 Å². The Kier molecular flexibility index (Phi) is 4.18. The number of anilines is 1. The summed E-state index contributed by atoms with van der Waals surface area (Å²) >= 11 is 0. The highest BCUT2D eigenvalue weighted by Gasteiger charge is 2.17. The molecule has 29 heavy (non-hydrogen) atoms. The van der Waals surface area contributed by atoms with Gasteiger partial charge in [0.15, 0.2) is 0 Å². The van der Waals surface area contributed by atoms with Crippen LogP contribution in [0.1, 0.15) is 0 Å². The summed E-state index contributed by atoms with van der Waals surface area (Å²) in [4.78, 5) is 19.8. The maximum atomic E-state index is 14.2. The predicted octanol–water partition coefficient (Wildman–Crippen LogP) is 4.21. The molecule has 0 saturated carbocycles. The van der Waals surface area contributed by atoms with E-state index in [2.05, 4.69) is 21.5 Å². The van der Waals surface area contributed by atoms with Gasteiger partial charge < -0.3 is 5.32 Å². The predicted molar refractivity (Wildman–Crippen MR) is 109 cm³/mol. The highest BCUT2D eigenvalue weighted by atomic mass is 19.1. The lowest BCUT2D eigenvalue weighted by molar-refractivity contribution is 0.598. The topological polar surface area (TPSA) is 66.8 Å². The van der Waals surface area contributed by atoms with Gasteiger partial charge in [0, 0.05) is 18.6 Å². The number of aromatic nitrogens is 4. The molecular formula is C22H14FN6. The zero-order valence-corrected chi connectivity index (χ0v) is 15.1. The van der Waals surface area contributed by atoms with Crippen LogP contribution in [-0.4, -0.2) is 19.9 Å². The molecule has 1 aliphatic heterocycles. The number of nitrogens with one attached hydrogen (secondary N) is 1. The first-order chi connectivity index (χ1) is 14.3. The number of halogens is 1. The van der Waals surface area contributed by atoms with Crippen LogP contribution in [0.2, 0.25) is 0 Å². The van der Waals surface area contributed by atoms with Crippen LogP contribution >= 0.6 is 0 Å². The molecule has 6 nitrogen and oxygen atoms in total. The molecule has 0 spiro atoms. The van der Waals surface area contributed by atoms with Gasteiger partial charge in [-0.3, -0.25) is 14.9 Å². The molecule has 3 aromatic heterocycles. The van der Waals surface area contributed by atoms with E-state index in [1.165, 1.54) is 17.3 Å². The van der Waals surface area contributed by atoms with Crippen molar-refractivity contribution in [2.75, 3.05) is 4.90 Å². The van der Waals surface area contributed by atoms with Crippen LogP contribution in [0.5, 0.6) is 0 Å². The minimum Gasteiger partial charge on any atom is -0.362 e. The van der Waals surface area contributed by atoms with E-state index in [1.807, 2.05) is 42.5 Å². The molecule has 0 saturated heterocycles. The molecule has 4 aromatic rings. The maximum Gasteiger partial charge on any atom is 0.214 e. The molecule has 139 valence electrons. The van der Waals surface area contributed by atoms with Crippen LogP contribution in [0.25, 0.3) is 33.8 Å². The van der Waals surface area contributed by atoms with Crippen molar-refractivity contribution in [3.8, 4) is 22.8 Å². The van der Waals surface area contributed by atoms with Gasteiger partial charge in [-0.1, -0.05) is 12.1 Å². The van der Waals surface area contributed by atoms with Gasteiger partial charge in [0.05, 0.1) is 40.5 Å². The Morgan fingerprint density at radius 2 is 1.52 bits per heavy atom. The van der Waals surface area contributed by atoms with Gasteiger partial charge in [-0.25, -0.2) is 9.97 Å². The van der Waals surface area contributed by atoms with E-state index in [4.69, 9.17) is 9.97 Å². The quantitative estimate of drug-likeness (QED) is 0.537. The molecule has 1 aliphatic rings. The Morgan fingerprint density at radius 1 is 0.828 bits per heavy atom. The van der Waals surface area contributed by atoms with Crippen molar-refractivity contribution in [3.05, 3.63) is 91.5 Å². The second-order valence-electron chi connectivity index (χ2n) is 6.27. The second kappa shape index (κ2) is 7.12. The van der Waals surface area contributed by atoms with E-state index in [1.54, 1.807) is 24.5 Å². The zero-order chi connectivity index (χ0) is 19.6. The summed E-state index contributed by atoms with van der Waals surface area (Å²) in [6.07, 6.45) is 9.03. The average Bonchev–Trinajstić information content (AvgIpc) is 2.79. The Hall–Kier alpha value is -4.13. The van der Waals surface area contributed by atoms with Crippen LogP contribution in [-0.2, 0) is 0 Å². The summed E-state index contributed by atoms with van der Waals surface area (Å²) < 4.78 is 14.2. The summed E-state index contributed by atoms with van der Waals surface area (Å²) in [6, 6.07) is 16.6. The highest BCUT2D eigenvalue weighted by molar-refractivity contribution is 5.86. The van der Waals surface area contributed by atoms with E-state index in [0.29, 0.717) is 39.5 Å². The Balaban J connectivity index is 1.71. The Morgan fingerprint density at radius 3 is 2.14 bits per heavy atom. The molecule has 0 unspecified atom stereocenters. The van der Waals surface area contributed by atoms with Gasteiger partial charge in [0.1, 0.15) is 11.4 Å². The third kappa shape index (κ3) is 3.19. The lowest BCUT2D eigenvalue weighted by Gasteiger charge is -2.20. The van der Waals surface area contributed by atoms with Gasteiger partial charge in [-0.2, -0.15) is 4.39 Å². The molecule has 7 heteroatoms. The molecule has 5 rings (SSSR count). The molecule has 0 fully saturated rings. The SMILES string of the molecule is FC1=CNC=[C]N1c1ccc2nc(-c3ccccn3)c(-c3ccccn3)nc2c1. The first-order valence-corrected chi connectivity index (χ1v) is 8.94. The van der Waals surface area contributed by atoms with E-state index < -0.39 is 5.95 Å². The molecule has 4 heterocycles. The summed E-state index contributed by atoms with van der Waals surface area (Å²) in [5.74, 6) is -0.463. The van der Waals surface area contributed by atoms with E-state index in [0.717, 1.165) is 0 Å². The van der Waals surface area contributed by atoms with Crippen molar-refractivity contribution in [1.82, 2.24) is 25.3 Å². The minimum atomic E-state index is -0.463. The minimum absolute atomic E-state index is 0.463. The monoisotopic (exact) mass is 381 g/mol. The Bertz CT molecular complexity index is 1240. The van der Waals surface area contributed by atoms with Crippen LogP contribution in [0.4, 0.5) is 10.1 Å². The normalized spacial score (nSPS) is 13.3. The van der Waals surface area contributed by atoms with Crippen molar-refractivity contribution in [2.24, 2.45) is 0 Å². The second-order valence-corrected chi connectivity index (χ2v) is 6.27. The van der Waals surface area contributed by atoms with Crippen LogP contribution in [0.15, 0.2) is 85.3 Å². The van der Waals surface area contributed by atoms with Crippen LogP contribution in [0, 0.1) is 6.20 Å². The average molecular weight is 381 g/mol. The van der Waals surface area contributed by atoms with Crippen molar-refractivity contribution in [3.63, 3.8) is 0 Å². The lowest BCUT2D eigenvalue weighted by atomic mass is 10.1. The third-order valence-electron chi connectivity index (χ3n) is 4.41. The van der Waals surface area contributed by atoms with Gasteiger partial charge in [0.25, 0.3) is 0 Å². The third-order valence-corrected chi connectivity index (χ3v) is 4.41. The standard InChI is InChI=1S/C22H14FN6/c23-20-14-24-11-12-29(20)15-7-8-16-19(13-15)28-22(18-6-2-4-10-26-18)21(27-16)17-5-1-3-9-25-17/h1-11,13-14,24H. The number of fused-ring (bicyclic) bond motifs is 1. The first-order valence-electron chi connectivity index (χ1n) is 8.94. The fourth-order valence-corrected chi connectivity index (χ4v) is 3.08. The molecule has 1 radical (unpaired) electrons. The first kappa shape index (κ1) is 17.0. The van der Waals surface area contributed by atoms with E-state index in [-0.39, 0.29) is 0 Å². The molecular weight excluding hydrogens is 367 g/mol. The molecule has 1 aromatic carbocycles. The number of rotatable bonds is 3. The smallest absolute Gasteiger partial charge is 0.214 e. The molecule has 0 amide bonds. The van der Waals surface area contributed by atoms with Crippen molar-refractivity contribution in [2.45, 2.75) is 0 Å². The largest absolute Gasteiger partial charge is 0.362 e. The molecule has 0 aliphatic carbocycles. The molecule has 1 N–H and O–H groups in total. The van der Waals surface area contributed by atoms with Gasteiger partial charge >= 0.3 is 0 Å².